The molecule has 1 N–H and O–H groups in total. The average molecular weight is 427 g/mol. The van der Waals surface area contributed by atoms with E-state index in [-0.39, 0.29) is 12.1 Å². The van der Waals surface area contributed by atoms with Crippen molar-refractivity contribution in [3.05, 3.63) is 58.3 Å². The molecule has 5 nitrogen and oxygen atoms in total. The number of imidazole rings is 1. The number of benzene rings is 2. The molecule has 0 radical (unpaired) electrons. The molecule has 0 spiro atoms. The number of amides is 2. The van der Waals surface area contributed by atoms with Crippen molar-refractivity contribution in [2.24, 2.45) is 0 Å². The molecular formula is C21H23BrN4O. The summed E-state index contributed by atoms with van der Waals surface area (Å²) >= 11 is 3.48. The second kappa shape index (κ2) is 7.35. The van der Waals surface area contributed by atoms with Crippen molar-refractivity contribution in [2.45, 2.75) is 39.3 Å². The number of carbonyl (C=O) groups is 1. The van der Waals surface area contributed by atoms with Crippen LogP contribution in [0, 0.1) is 6.92 Å². The maximum Gasteiger partial charge on any atom is 0.322 e. The van der Waals surface area contributed by atoms with E-state index in [9.17, 15) is 4.79 Å². The molecule has 4 rings (SSSR count). The van der Waals surface area contributed by atoms with Gasteiger partial charge >= 0.3 is 6.03 Å². The summed E-state index contributed by atoms with van der Waals surface area (Å²) in [7, 11) is 0. The number of rotatable bonds is 3. The van der Waals surface area contributed by atoms with Crippen LogP contribution in [0.5, 0.6) is 0 Å². The molecule has 140 valence electrons. The minimum absolute atomic E-state index is 0.00445. The highest BCUT2D eigenvalue weighted by atomic mass is 79.9. The van der Waals surface area contributed by atoms with Crippen LogP contribution >= 0.6 is 15.9 Å². The van der Waals surface area contributed by atoms with Gasteiger partial charge in [-0.1, -0.05) is 34.1 Å². The number of halogens is 1. The molecular weight excluding hydrogens is 404 g/mol. The van der Waals surface area contributed by atoms with Crippen LogP contribution < -0.4 is 5.32 Å². The van der Waals surface area contributed by atoms with Gasteiger partial charge in [0.25, 0.3) is 0 Å². The van der Waals surface area contributed by atoms with Gasteiger partial charge in [-0.3, -0.25) is 0 Å². The zero-order valence-electron chi connectivity index (χ0n) is 15.6. The van der Waals surface area contributed by atoms with Crippen molar-refractivity contribution >= 4 is 38.7 Å². The summed E-state index contributed by atoms with van der Waals surface area (Å²) < 4.78 is 3.19. The highest BCUT2D eigenvalue weighted by Crippen LogP contribution is 2.34. The van der Waals surface area contributed by atoms with Crippen LogP contribution in [0.25, 0.3) is 11.0 Å². The summed E-state index contributed by atoms with van der Waals surface area (Å²) in [4.78, 5) is 19.8. The van der Waals surface area contributed by atoms with E-state index in [0.29, 0.717) is 0 Å². The van der Waals surface area contributed by atoms with Crippen molar-refractivity contribution < 1.29 is 4.79 Å². The number of carbonyl (C=O) groups excluding carboxylic acids is 1. The van der Waals surface area contributed by atoms with Crippen LogP contribution in [-0.4, -0.2) is 27.0 Å². The molecule has 2 heterocycles. The van der Waals surface area contributed by atoms with Gasteiger partial charge in [0.05, 0.1) is 17.1 Å². The molecule has 2 aromatic carbocycles. The Hall–Kier alpha value is -2.34. The first-order chi connectivity index (χ1) is 13.1. The van der Waals surface area contributed by atoms with E-state index in [1.165, 1.54) is 0 Å². The normalized spacial score (nSPS) is 16.9. The molecule has 1 aliphatic heterocycles. The second-order valence-electron chi connectivity index (χ2n) is 6.94. The Labute approximate surface area is 167 Å². The van der Waals surface area contributed by atoms with Crippen molar-refractivity contribution in [3.63, 3.8) is 0 Å². The lowest BCUT2D eigenvalue weighted by Crippen LogP contribution is -2.35. The largest absolute Gasteiger partial charge is 0.327 e. The molecule has 1 fully saturated rings. The Balaban J connectivity index is 1.64. The molecule has 1 atom stereocenters. The molecule has 3 aromatic rings. The van der Waals surface area contributed by atoms with Gasteiger partial charge in [0.15, 0.2) is 0 Å². The molecule has 1 aromatic heterocycles. The lowest BCUT2D eigenvalue weighted by molar-refractivity contribution is 0.204. The Morgan fingerprint density at radius 3 is 2.93 bits per heavy atom. The maximum atomic E-state index is 13.0. The summed E-state index contributed by atoms with van der Waals surface area (Å²) in [5, 5.41) is 3.08. The fourth-order valence-corrected chi connectivity index (χ4v) is 4.24. The Morgan fingerprint density at radius 1 is 1.30 bits per heavy atom. The van der Waals surface area contributed by atoms with Gasteiger partial charge in [-0.25, -0.2) is 9.78 Å². The predicted molar refractivity (Wildman–Crippen MR) is 112 cm³/mol. The molecule has 6 heteroatoms. The number of fused-ring (bicyclic) bond motifs is 1. The molecule has 0 bridgehead atoms. The van der Waals surface area contributed by atoms with Crippen LogP contribution in [0.4, 0.5) is 10.5 Å². The molecule has 1 saturated heterocycles. The lowest BCUT2D eigenvalue weighted by Gasteiger charge is -2.25. The number of aryl methyl sites for hydroxylation is 2. The topological polar surface area (TPSA) is 50.2 Å². The standard InChI is InChI=1S/C21H23BrN4O/c1-3-25-18-8-5-4-7-16(18)23-20(25)19-9-6-12-26(19)21(27)24-17-13-15(22)11-10-14(17)2/h4-5,7-8,10-11,13,19H,3,6,9,12H2,1-2H3,(H,24,27). The van der Waals surface area contributed by atoms with E-state index in [2.05, 4.69) is 38.8 Å². The Kier molecular flexibility index (Phi) is 4.91. The summed E-state index contributed by atoms with van der Waals surface area (Å²) in [5.74, 6) is 0.984. The van der Waals surface area contributed by atoms with E-state index >= 15 is 0 Å². The van der Waals surface area contributed by atoms with E-state index < -0.39 is 0 Å². The van der Waals surface area contributed by atoms with Crippen molar-refractivity contribution in [2.75, 3.05) is 11.9 Å². The Bertz CT molecular complexity index is 997. The number of nitrogens with zero attached hydrogens (tertiary/aromatic N) is 3. The molecule has 0 aliphatic carbocycles. The zero-order chi connectivity index (χ0) is 19.0. The van der Waals surface area contributed by atoms with Crippen LogP contribution in [0.2, 0.25) is 0 Å². The van der Waals surface area contributed by atoms with Crippen LogP contribution in [0.15, 0.2) is 46.9 Å². The zero-order valence-corrected chi connectivity index (χ0v) is 17.2. The monoisotopic (exact) mass is 426 g/mol. The van der Waals surface area contributed by atoms with Gasteiger partial charge in [-0.15, -0.1) is 0 Å². The third-order valence-corrected chi connectivity index (χ3v) is 5.75. The molecule has 1 unspecified atom stereocenters. The van der Waals surface area contributed by atoms with E-state index in [1.54, 1.807) is 0 Å². The highest BCUT2D eigenvalue weighted by Gasteiger charge is 2.33. The van der Waals surface area contributed by atoms with Crippen LogP contribution in [-0.2, 0) is 6.54 Å². The summed E-state index contributed by atoms with van der Waals surface area (Å²) in [6.07, 6.45) is 1.93. The predicted octanol–water partition coefficient (Wildman–Crippen LogP) is 5.50. The summed E-state index contributed by atoms with van der Waals surface area (Å²) in [5.41, 5.74) is 4.00. The lowest BCUT2D eigenvalue weighted by atomic mass is 10.2. The fraction of sp³-hybridized carbons (Fsp3) is 0.333. The van der Waals surface area contributed by atoms with Crippen molar-refractivity contribution in [1.82, 2.24) is 14.5 Å². The van der Waals surface area contributed by atoms with E-state index in [1.807, 2.05) is 48.2 Å². The van der Waals surface area contributed by atoms with Gasteiger partial charge in [0.1, 0.15) is 5.82 Å². The molecule has 2 amide bonds. The average Bonchev–Trinajstić information content (AvgIpc) is 3.28. The number of hydrogen-bond donors (Lipinski definition) is 1. The first-order valence-electron chi connectivity index (χ1n) is 9.37. The quantitative estimate of drug-likeness (QED) is 0.601. The first kappa shape index (κ1) is 18.0. The maximum absolute atomic E-state index is 13.0. The molecule has 27 heavy (non-hydrogen) atoms. The smallest absolute Gasteiger partial charge is 0.322 e. The van der Waals surface area contributed by atoms with Gasteiger partial charge in [-0.05, 0) is 56.5 Å². The number of nitrogens with one attached hydrogen (secondary N) is 1. The van der Waals surface area contributed by atoms with Gasteiger partial charge in [0, 0.05) is 23.2 Å². The molecule has 0 saturated carbocycles. The number of para-hydroxylation sites is 2. The minimum atomic E-state index is -0.0617. The van der Waals surface area contributed by atoms with E-state index in [0.717, 1.165) is 58.5 Å². The number of likely N-dealkylation sites (tertiary alicyclic amines) is 1. The molecule has 1 aliphatic rings. The van der Waals surface area contributed by atoms with Gasteiger partial charge in [-0.2, -0.15) is 0 Å². The second-order valence-corrected chi connectivity index (χ2v) is 7.86. The highest BCUT2D eigenvalue weighted by molar-refractivity contribution is 9.10. The van der Waals surface area contributed by atoms with Crippen molar-refractivity contribution in [3.8, 4) is 0 Å². The third kappa shape index (κ3) is 3.34. The van der Waals surface area contributed by atoms with Crippen molar-refractivity contribution in [1.29, 1.82) is 0 Å². The van der Waals surface area contributed by atoms with Crippen LogP contribution in [0.3, 0.4) is 0 Å². The third-order valence-electron chi connectivity index (χ3n) is 5.25. The van der Waals surface area contributed by atoms with Gasteiger partial charge < -0.3 is 14.8 Å². The van der Waals surface area contributed by atoms with Gasteiger partial charge in [0.2, 0.25) is 0 Å². The SMILES string of the molecule is CCn1c(C2CCCN2C(=O)Nc2cc(Br)ccc2C)nc2ccccc21. The minimum Gasteiger partial charge on any atom is -0.327 e. The summed E-state index contributed by atoms with van der Waals surface area (Å²) in [6.45, 7) is 5.71. The number of aromatic nitrogens is 2. The number of anilines is 1. The van der Waals surface area contributed by atoms with E-state index in [4.69, 9.17) is 4.98 Å². The fourth-order valence-electron chi connectivity index (χ4n) is 3.87. The van der Waals surface area contributed by atoms with Crippen LogP contribution in [0.1, 0.15) is 37.2 Å². The Morgan fingerprint density at radius 2 is 2.11 bits per heavy atom. The first-order valence-corrected chi connectivity index (χ1v) is 10.2. The summed E-state index contributed by atoms with van der Waals surface area (Å²) in [6, 6.07) is 14.0. The number of urea groups is 1. The number of hydrogen-bond acceptors (Lipinski definition) is 2.